The summed E-state index contributed by atoms with van der Waals surface area (Å²) in [6, 6.07) is 20.4. The molecule has 1 atom stereocenters. The summed E-state index contributed by atoms with van der Waals surface area (Å²) >= 11 is 0. The van der Waals surface area contributed by atoms with Crippen LogP contribution < -0.4 is 4.74 Å². The zero-order chi connectivity index (χ0) is 21.3. The van der Waals surface area contributed by atoms with Crippen LogP contribution in [0.2, 0.25) is 0 Å². The highest BCUT2D eigenvalue weighted by molar-refractivity contribution is 5.79. The van der Waals surface area contributed by atoms with Gasteiger partial charge in [-0.15, -0.1) is 0 Å². The fourth-order valence-electron chi connectivity index (χ4n) is 3.35. The van der Waals surface area contributed by atoms with Gasteiger partial charge in [0.15, 0.2) is 0 Å². The molecule has 3 aromatic rings. The third kappa shape index (κ3) is 6.45. The van der Waals surface area contributed by atoms with Crippen molar-refractivity contribution in [3.8, 4) is 16.9 Å². The number of likely N-dealkylation sites (N-methyl/N-ethyl adjacent to an activating group) is 1. The molecule has 4 nitrogen and oxygen atoms in total. The van der Waals surface area contributed by atoms with Gasteiger partial charge >= 0.3 is 0 Å². The van der Waals surface area contributed by atoms with Crippen LogP contribution >= 0.6 is 0 Å². The number of carbonyl (C=O) groups is 1. The van der Waals surface area contributed by atoms with Crippen molar-refractivity contribution >= 4 is 5.91 Å². The molecule has 1 aromatic heterocycles. The van der Waals surface area contributed by atoms with Crippen LogP contribution in [0.4, 0.5) is 0 Å². The topological polar surface area (TPSA) is 42.4 Å². The van der Waals surface area contributed by atoms with Crippen molar-refractivity contribution < 1.29 is 9.53 Å². The molecule has 0 saturated heterocycles. The van der Waals surface area contributed by atoms with Gasteiger partial charge in [0, 0.05) is 26.5 Å². The van der Waals surface area contributed by atoms with Gasteiger partial charge in [0.1, 0.15) is 5.75 Å². The maximum absolute atomic E-state index is 12.0. The van der Waals surface area contributed by atoms with E-state index in [-0.39, 0.29) is 12.0 Å². The molecular weight excluding hydrogens is 372 g/mol. The van der Waals surface area contributed by atoms with Gasteiger partial charge in [-0.05, 0) is 66.6 Å². The Balaban J connectivity index is 1.54. The quantitative estimate of drug-likeness (QED) is 0.496. The molecule has 0 aliphatic carbocycles. The minimum absolute atomic E-state index is 0.105. The molecule has 30 heavy (non-hydrogen) atoms. The number of aryl methyl sites for hydroxylation is 1. The molecule has 0 radical (unpaired) electrons. The molecule has 1 amide bonds. The number of amides is 1. The SMILES string of the molecule is C[C@@H](CCCc1cccnc1)Oc1ccc(-c2cccc(CC(=O)N(C)C)c2)cc1. The molecule has 0 bridgehead atoms. The monoisotopic (exact) mass is 402 g/mol. The van der Waals surface area contributed by atoms with E-state index >= 15 is 0 Å². The standard InChI is InChI=1S/C26H30N2O2/c1-20(7-4-8-21-10-6-16-27-19-21)30-25-14-12-23(13-15-25)24-11-5-9-22(17-24)18-26(29)28(2)3/h5-6,9-17,19-20H,4,7-8,18H2,1-3H3/t20-/m0/s1. The normalized spacial score (nSPS) is 11.7. The lowest BCUT2D eigenvalue weighted by atomic mass is 10.0. The van der Waals surface area contributed by atoms with Crippen LogP contribution in [0.1, 0.15) is 30.9 Å². The summed E-state index contributed by atoms with van der Waals surface area (Å²) in [5.74, 6) is 0.986. The average Bonchev–Trinajstić information content (AvgIpc) is 2.75. The molecule has 0 aliphatic rings. The number of ether oxygens (including phenoxy) is 1. The van der Waals surface area contributed by atoms with E-state index in [4.69, 9.17) is 4.74 Å². The van der Waals surface area contributed by atoms with Crippen LogP contribution in [-0.4, -0.2) is 36.0 Å². The lowest BCUT2D eigenvalue weighted by molar-refractivity contribution is -0.127. The predicted octanol–water partition coefficient (Wildman–Crippen LogP) is 5.17. The molecule has 2 aromatic carbocycles. The number of hydrogen-bond acceptors (Lipinski definition) is 3. The fourth-order valence-corrected chi connectivity index (χ4v) is 3.35. The Kier molecular flexibility index (Phi) is 7.61. The number of aromatic nitrogens is 1. The van der Waals surface area contributed by atoms with Crippen LogP contribution in [0.3, 0.4) is 0 Å². The molecule has 156 valence electrons. The van der Waals surface area contributed by atoms with Gasteiger partial charge in [0.2, 0.25) is 5.91 Å². The summed E-state index contributed by atoms with van der Waals surface area (Å²) in [4.78, 5) is 17.8. The number of pyridine rings is 1. The second kappa shape index (κ2) is 10.6. The molecule has 0 spiro atoms. The molecule has 0 saturated carbocycles. The van der Waals surface area contributed by atoms with Crippen molar-refractivity contribution in [2.45, 2.75) is 38.7 Å². The van der Waals surface area contributed by atoms with E-state index in [0.717, 1.165) is 41.7 Å². The van der Waals surface area contributed by atoms with E-state index in [2.05, 4.69) is 42.2 Å². The van der Waals surface area contributed by atoms with Gasteiger partial charge in [-0.1, -0.05) is 42.5 Å². The summed E-state index contributed by atoms with van der Waals surface area (Å²) in [6.07, 6.45) is 7.40. The number of nitrogens with zero attached hydrogens (tertiary/aromatic N) is 2. The average molecular weight is 403 g/mol. The van der Waals surface area contributed by atoms with Crippen LogP contribution in [0.5, 0.6) is 5.75 Å². The summed E-state index contributed by atoms with van der Waals surface area (Å²) in [5.41, 5.74) is 4.51. The largest absolute Gasteiger partial charge is 0.491 e. The van der Waals surface area contributed by atoms with Gasteiger partial charge in [0.05, 0.1) is 12.5 Å². The van der Waals surface area contributed by atoms with E-state index in [1.165, 1.54) is 5.56 Å². The molecule has 0 N–H and O–H groups in total. The van der Waals surface area contributed by atoms with Crippen molar-refractivity contribution in [1.29, 1.82) is 0 Å². The zero-order valence-corrected chi connectivity index (χ0v) is 18.0. The molecule has 0 unspecified atom stereocenters. The highest BCUT2D eigenvalue weighted by Gasteiger charge is 2.08. The molecule has 3 rings (SSSR count). The van der Waals surface area contributed by atoms with E-state index in [0.29, 0.717) is 6.42 Å². The van der Waals surface area contributed by atoms with Crippen molar-refractivity contribution in [1.82, 2.24) is 9.88 Å². The van der Waals surface area contributed by atoms with Crippen LogP contribution in [-0.2, 0) is 17.6 Å². The lowest BCUT2D eigenvalue weighted by Gasteiger charge is -2.15. The zero-order valence-electron chi connectivity index (χ0n) is 18.0. The number of carbonyl (C=O) groups excluding carboxylic acids is 1. The Morgan fingerprint density at radius 1 is 1.00 bits per heavy atom. The van der Waals surface area contributed by atoms with Gasteiger partial charge in [-0.25, -0.2) is 0 Å². The first kappa shape index (κ1) is 21.6. The number of rotatable bonds is 9. The smallest absolute Gasteiger partial charge is 0.226 e. The second-order valence-electron chi connectivity index (χ2n) is 7.87. The first-order valence-electron chi connectivity index (χ1n) is 10.5. The maximum atomic E-state index is 12.0. The second-order valence-corrected chi connectivity index (χ2v) is 7.87. The van der Waals surface area contributed by atoms with E-state index in [1.54, 1.807) is 25.2 Å². The van der Waals surface area contributed by atoms with Crippen LogP contribution in [0.15, 0.2) is 73.1 Å². The third-order valence-corrected chi connectivity index (χ3v) is 5.10. The maximum Gasteiger partial charge on any atom is 0.226 e. The molecule has 4 heteroatoms. The Morgan fingerprint density at radius 2 is 1.77 bits per heavy atom. The van der Waals surface area contributed by atoms with E-state index in [9.17, 15) is 4.79 Å². The van der Waals surface area contributed by atoms with Gasteiger partial charge < -0.3 is 9.64 Å². The van der Waals surface area contributed by atoms with Gasteiger partial charge in [-0.2, -0.15) is 0 Å². The molecular formula is C26H30N2O2. The number of benzene rings is 2. The van der Waals surface area contributed by atoms with E-state index < -0.39 is 0 Å². The first-order chi connectivity index (χ1) is 14.5. The summed E-state index contributed by atoms with van der Waals surface area (Å²) in [7, 11) is 3.57. The Hall–Kier alpha value is -3.14. The van der Waals surface area contributed by atoms with Gasteiger partial charge in [-0.3, -0.25) is 9.78 Å². The Labute approximate surface area is 179 Å². The summed E-state index contributed by atoms with van der Waals surface area (Å²) in [5, 5.41) is 0. The summed E-state index contributed by atoms with van der Waals surface area (Å²) < 4.78 is 6.08. The molecule has 1 heterocycles. The minimum Gasteiger partial charge on any atom is -0.491 e. The fraction of sp³-hybridized carbons (Fsp3) is 0.308. The molecule has 0 aliphatic heterocycles. The summed E-state index contributed by atoms with van der Waals surface area (Å²) in [6.45, 7) is 2.11. The van der Waals surface area contributed by atoms with Crippen molar-refractivity contribution in [3.63, 3.8) is 0 Å². The van der Waals surface area contributed by atoms with Crippen LogP contribution in [0, 0.1) is 0 Å². The van der Waals surface area contributed by atoms with Gasteiger partial charge in [0.25, 0.3) is 0 Å². The van der Waals surface area contributed by atoms with Crippen molar-refractivity contribution in [2.75, 3.05) is 14.1 Å². The van der Waals surface area contributed by atoms with E-state index in [1.807, 2.05) is 36.5 Å². The highest BCUT2D eigenvalue weighted by atomic mass is 16.5. The Bertz CT molecular complexity index is 937. The van der Waals surface area contributed by atoms with Crippen molar-refractivity contribution in [2.24, 2.45) is 0 Å². The minimum atomic E-state index is 0.105. The van der Waals surface area contributed by atoms with Crippen LogP contribution in [0.25, 0.3) is 11.1 Å². The van der Waals surface area contributed by atoms with Crippen molar-refractivity contribution in [3.05, 3.63) is 84.2 Å². The first-order valence-corrected chi connectivity index (χ1v) is 10.5. The number of hydrogen-bond donors (Lipinski definition) is 0. The lowest BCUT2D eigenvalue weighted by Crippen LogP contribution is -2.23. The predicted molar refractivity (Wildman–Crippen MR) is 122 cm³/mol. The Morgan fingerprint density at radius 3 is 2.47 bits per heavy atom. The highest BCUT2D eigenvalue weighted by Crippen LogP contribution is 2.24. The molecule has 0 fully saturated rings. The third-order valence-electron chi connectivity index (χ3n) is 5.10.